The molecule has 7 heteroatoms. The predicted octanol–water partition coefficient (Wildman–Crippen LogP) is 4.81. The molecule has 2 aromatic rings. The van der Waals surface area contributed by atoms with Gasteiger partial charge in [0.05, 0.1) is 0 Å². The van der Waals surface area contributed by atoms with Crippen LogP contribution < -0.4 is 10.2 Å². The molecule has 0 N–H and O–H groups in total. The van der Waals surface area contributed by atoms with E-state index in [1.165, 1.54) is 25.7 Å². The van der Waals surface area contributed by atoms with Gasteiger partial charge in [-0.1, -0.05) is 60.7 Å². The van der Waals surface area contributed by atoms with Gasteiger partial charge in [0.15, 0.2) is 0 Å². The van der Waals surface area contributed by atoms with Crippen LogP contribution in [-0.4, -0.2) is 44.6 Å². The van der Waals surface area contributed by atoms with E-state index in [9.17, 15) is 19.8 Å². The van der Waals surface area contributed by atoms with Gasteiger partial charge in [-0.15, -0.1) is 0 Å². The Bertz CT molecular complexity index is 710. The average Bonchev–Trinajstić information content (AvgIpc) is 2.87. The second-order valence-corrected chi connectivity index (χ2v) is 13.2. The van der Waals surface area contributed by atoms with Crippen LogP contribution in [0, 0.1) is 0 Å². The molecule has 0 radical (unpaired) electrons. The van der Waals surface area contributed by atoms with Crippen LogP contribution in [0.15, 0.2) is 60.7 Å². The molecule has 0 fully saturated rings. The molecule has 0 aliphatic heterocycles. The summed E-state index contributed by atoms with van der Waals surface area (Å²) in [4.78, 5) is 21.5. The van der Waals surface area contributed by atoms with Crippen molar-refractivity contribution in [3.63, 3.8) is 0 Å². The van der Waals surface area contributed by atoms with E-state index in [0.29, 0.717) is 24.3 Å². The maximum absolute atomic E-state index is 10.7. The Morgan fingerprint density at radius 1 is 0.714 bits per heavy atom. The van der Waals surface area contributed by atoms with Gasteiger partial charge in [-0.3, -0.25) is 0 Å². The van der Waals surface area contributed by atoms with Crippen molar-refractivity contribution in [3.8, 4) is 0 Å². The van der Waals surface area contributed by atoms with Crippen molar-refractivity contribution >= 4 is 58.3 Å². The van der Waals surface area contributed by atoms with Crippen LogP contribution >= 0.6 is 25.3 Å². The van der Waals surface area contributed by atoms with Gasteiger partial charge < -0.3 is 19.8 Å². The second kappa shape index (κ2) is 23.3. The molecule has 0 aliphatic carbocycles. The largest absolute Gasteiger partial charge is 0.549 e. The molecule has 0 saturated carbocycles. The summed E-state index contributed by atoms with van der Waals surface area (Å²) in [5.74, 6) is -2.01. The predicted molar refractivity (Wildman–Crippen MR) is 151 cm³/mol. The fourth-order valence-corrected chi connectivity index (χ4v) is 7.87. The number of hydrogen-bond acceptors (Lipinski definition) is 6. The zero-order valence-electron chi connectivity index (χ0n) is 21.0. The second-order valence-electron chi connectivity index (χ2n) is 8.05. The Kier molecular flexibility index (Phi) is 22.5. The SMILES string of the molecule is CCC[CH2][Sn+2][CH2]CCC.O=C([O-])C(CCS)c1ccccc1.O=C([O-])C(CCS)c1ccccc1. The van der Waals surface area contributed by atoms with E-state index in [1.54, 1.807) is 33.1 Å². The first-order chi connectivity index (χ1) is 16.9. The minimum Gasteiger partial charge on any atom is -0.549 e. The normalized spacial score (nSPS) is 11.5. The summed E-state index contributed by atoms with van der Waals surface area (Å²) in [5.41, 5.74) is 1.58. The van der Waals surface area contributed by atoms with E-state index in [-0.39, 0.29) is 21.1 Å². The maximum Gasteiger partial charge on any atom is 0.0489 e. The monoisotopic (exact) mass is 624 g/mol. The Hall–Kier alpha value is -1.12. The number of benzene rings is 2. The minimum atomic E-state index is -1.03. The van der Waals surface area contributed by atoms with Crippen LogP contribution in [-0.2, 0) is 9.59 Å². The maximum atomic E-state index is 10.7. The van der Waals surface area contributed by atoms with E-state index >= 15 is 0 Å². The summed E-state index contributed by atoms with van der Waals surface area (Å²) in [6.45, 7) is 4.58. The number of carboxylic acids is 2. The van der Waals surface area contributed by atoms with Crippen LogP contribution in [0.2, 0.25) is 8.87 Å². The summed E-state index contributed by atoms with van der Waals surface area (Å²) >= 11 is 8.18. The van der Waals surface area contributed by atoms with Crippen LogP contribution in [0.3, 0.4) is 0 Å². The fourth-order valence-electron chi connectivity index (χ4n) is 3.20. The summed E-state index contributed by atoms with van der Waals surface area (Å²) < 4.78 is 3.25. The Morgan fingerprint density at radius 2 is 1.06 bits per heavy atom. The molecule has 0 heterocycles. The number of carboxylic acid groups (broad SMARTS) is 2. The molecule has 2 atom stereocenters. The van der Waals surface area contributed by atoms with Gasteiger partial charge in [0.1, 0.15) is 0 Å². The Labute approximate surface area is 233 Å². The fraction of sp³-hybridized carbons (Fsp3) is 0.500. The summed E-state index contributed by atoms with van der Waals surface area (Å²) in [6.07, 6.45) is 6.86. The molecule has 0 aliphatic rings. The molecular formula is C28H40O4S2Sn. The number of unbranched alkanes of at least 4 members (excludes halogenated alkanes) is 2. The van der Waals surface area contributed by atoms with Gasteiger partial charge in [-0.05, 0) is 35.5 Å². The Balaban J connectivity index is 0.000000506. The summed E-state index contributed by atoms with van der Waals surface area (Å²) in [6, 6.07) is 18.2. The number of hydrogen-bond donors (Lipinski definition) is 2. The topological polar surface area (TPSA) is 80.3 Å². The number of carbonyl (C=O) groups excluding carboxylic acids is 2. The van der Waals surface area contributed by atoms with Gasteiger partial charge >= 0.3 is 69.5 Å². The zero-order valence-corrected chi connectivity index (χ0v) is 25.7. The average molecular weight is 623 g/mol. The molecule has 0 amide bonds. The molecule has 0 spiro atoms. The molecule has 35 heavy (non-hydrogen) atoms. The summed E-state index contributed by atoms with van der Waals surface area (Å²) in [5, 5.41) is 21.5. The Morgan fingerprint density at radius 3 is 1.31 bits per heavy atom. The smallest absolute Gasteiger partial charge is 0.0489 e. The van der Waals surface area contributed by atoms with E-state index in [1.807, 2.05) is 36.4 Å². The number of rotatable bonds is 14. The van der Waals surface area contributed by atoms with Crippen molar-refractivity contribution in [3.05, 3.63) is 71.8 Å². The first-order valence-electron chi connectivity index (χ1n) is 12.4. The summed E-state index contributed by atoms with van der Waals surface area (Å²) in [7, 11) is 0. The first kappa shape index (κ1) is 33.9. The molecule has 4 nitrogen and oxygen atoms in total. The van der Waals surface area contributed by atoms with Crippen LogP contribution in [0.4, 0.5) is 0 Å². The zero-order chi connectivity index (χ0) is 26.3. The minimum absolute atomic E-state index is 0.149. The van der Waals surface area contributed by atoms with Crippen LogP contribution in [0.1, 0.15) is 75.3 Å². The van der Waals surface area contributed by atoms with Gasteiger partial charge in [-0.25, -0.2) is 0 Å². The molecule has 2 aromatic carbocycles. The standard InChI is InChI=1S/2C10H12O2S.2C4H9.Sn/c2*11-10(12)9(6-7-13)8-4-2-1-3-5-8;2*1-3-4-2;/h2*1-5,9,13H,6-7H2,(H,11,12);2*1,3-4H2,2H3;/q;;;;+2/p-2. The van der Waals surface area contributed by atoms with Crippen molar-refractivity contribution in [2.75, 3.05) is 11.5 Å². The number of thiol groups is 2. The van der Waals surface area contributed by atoms with Crippen LogP contribution in [0.25, 0.3) is 0 Å². The molecular weight excluding hydrogens is 583 g/mol. The van der Waals surface area contributed by atoms with E-state index in [0.717, 1.165) is 11.1 Å². The molecule has 192 valence electrons. The van der Waals surface area contributed by atoms with Gasteiger partial charge in [0.2, 0.25) is 0 Å². The molecule has 0 bridgehead atoms. The van der Waals surface area contributed by atoms with Crippen molar-refractivity contribution in [1.82, 2.24) is 0 Å². The van der Waals surface area contributed by atoms with Crippen molar-refractivity contribution in [1.29, 1.82) is 0 Å². The quantitative estimate of drug-likeness (QED) is 0.180. The molecule has 2 unspecified atom stereocenters. The van der Waals surface area contributed by atoms with Crippen molar-refractivity contribution in [2.24, 2.45) is 0 Å². The van der Waals surface area contributed by atoms with Crippen molar-refractivity contribution < 1.29 is 19.8 Å². The molecule has 2 rings (SSSR count). The van der Waals surface area contributed by atoms with Gasteiger partial charge in [-0.2, -0.15) is 25.3 Å². The van der Waals surface area contributed by atoms with E-state index in [2.05, 4.69) is 39.1 Å². The van der Waals surface area contributed by atoms with Gasteiger partial charge in [0, 0.05) is 23.8 Å². The van der Waals surface area contributed by atoms with Crippen LogP contribution in [0.5, 0.6) is 0 Å². The first-order valence-corrected chi connectivity index (χ1v) is 17.7. The van der Waals surface area contributed by atoms with E-state index < -0.39 is 23.8 Å². The molecule has 0 aromatic heterocycles. The number of carbonyl (C=O) groups is 2. The third-order valence-electron chi connectivity index (χ3n) is 5.22. The van der Waals surface area contributed by atoms with E-state index in [4.69, 9.17) is 0 Å². The van der Waals surface area contributed by atoms with Gasteiger partial charge in [0.25, 0.3) is 0 Å². The third kappa shape index (κ3) is 17.1. The molecule has 0 saturated heterocycles. The van der Waals surface area contributed by atoms with Crippen molar-refractivity contribution in [2.45, 2.75) is 73.1 Å². The third-order valence-corrected chi connectivity index (χ3v) is 9.78. The number of aliphatic carboxylic acids is 2.